The van der Waals surface area contributed by atoms with Crippen molar-refractivity contribution in [3.05, 3.63) is 29.8 Å². The maximum atomic E-state index is 11.8. The second-order valence-electron chi connectivity index (χ2n) is 6.14. The molecule has 2 aliphatic rings. The Labute approximate surface area is 120 Å². The van der Waals surface area contributed by atoms with Crippen molar-refractivity contribution in [2.24, 2.45) is 0 Å². The van der Waals surface area contributed by atoms with Gasteiger partial charge in [-0.25, -0.2) is 0 Å². The number of benzene rings is 1. The number of carboxylic acids is 1. The fourth-order valence-corrected chi connectivity index (χ4v) is 3.31. The molecule has 2 fully saturated rings. The van der Waals surface area contributed by atoms with Gasteiger partial charge >= 0.3 is 5.97 Å². The van der Waals surface area contributed by atoms with Gasteiger partial charge in [-0.1, -0.05) is 31.4 Å². The van der Waals surface area contributed by atoms with Crippen LogP contribution in [0.2, 0.25) is 0 Å². The summed E-state index contributed by atoms with van der Waals surface area (Å²) in [5.41, 5.74) is 0.262. The molecule has 2 aliphatic carbocycles. The number of ether oxygens (including phenoxy) is 1. The van der Waals surface area contributed by atoms with Gasteiger partial charge in [0.1, 0.15) is 5.75 Å². The van der Waals surface area contributed by atoms with Crippen LogP contribution in [-0.2, 0) is 10.2 Å². The lowest BCUT2D eigenvalue weighted by Gasteiger charge is -2.34. The number of aliphatic carboxylic acids is 1. The summed E-state index contributed by atoms with van der Waals surface area (Å²) in [4.78, 5) is 11.8. The zero-order chi connectivity index (χ0) is 14.0. The molecule has 0 aromatic heterocycles. The van der Waals surface area contributed by atoms with Crippen molar-refractivity contribution in [1.29, 1.82) is 0 Å². The number of rotatable bonds is 4. The second-order valence-corrected chi connectivity index (χ2v) is 6.14. The highest BCUT2D eigenvalue weighted by Crippen LogP contribution is 2.40. The Morgan fingerprint density at radius 2 is 1.70 bits per heavy atom. The Kier molecular flexibility index (Phi) is 3.68. The third kappa shape index (κ3) is 2.41. The smallest absolute Gasteiger partial charge is 0.314 e. The van der Waals surface area contributed by atoms with E-state index in [-0.39, 0.29) is 0 Å². The molecule has 20 heavy (non-hydrogen) atoms. The molecule has 2 saturated carbocycles. The second kappa shape index (κ2) is 5.47. The monoisotopic (exact) mass is 274 g/mol. The molecule has 0 amide bonds. The average molecular weight is 274 g/mol. The topological polar surface area (TPSA) is 46.5 Å². The van der Waals surface area contributed by atoms with Gasteiger partial charge in [0.05, 0.1) is 11.5 Å². The van der Waals surface area contributed by atoms with Gasteiger partial charge in [-0.05, 0) is 49.8 Å². The van der Waals surface area contributed by atoms with Crippen LogP contribution >= 0.6 is 0 Å². The van der Waals surface area contributed by atoms with E-state index in [9.17, 15) is 9.90 Å². The van der Waals surface area contributed by atoms with Gasteiger partial charge in [0.15, 0.2) is 0 Å². The summed E-state index contributed by atoms with van der Waals surface area (Å²) >= 11 is 0. The Balaban J connectivity index is 1.78. The molecule has 3 rings (SSSR count). The van der Waals surface area contributed by atoms with E-state index in [1.165, 1.54) is 6.42 Å². The zero-order valence-electron chi connectivity index (χ0n) is 11.8. The van der Waals surface area contributed by atoms with Crippen LogP contribution in [0.15, 0.2) is 24.3 Å². The molecule has 3 nitrogen and oxygen atoms in total. The van der Waals surface area contributed by atoms with Crippen molar-refractivity contribution in [3.63, 3.8) is 0 Å². The number of hydrogen-bond donors (Lipinski definition) is 1. The molecule has 0 heterocycles. The molecule has 0 saturated heterocycles. The highest BCUT2D eigenvalue weighted by Gasteiger charge is 2.41. The molecule has 0 unspecified atom stereocenters. The van der Waals surface area contributed by atoms with Crippen molar-refractivity contribution >= 4 is 5.97 Å². The molecule has 108 valence electrons. The molecule has 0 radical (unpaired) electrons. The lowest BCUT2D eigenvalue weighted by molar-refractivity contribution is -0.145. The first-order valence-electron chi connectivity index (χ1n) is 7.71. The van der Waals surface area contributed by atoms with Crippen LogP contribution in [0, 0.1) is 0 Å². The summed E-state index contributed by atoms with van der Waals surface area (Å²) in [6.07, 6.45) is 8.57. The van der Waals surface area contributed by atoms with E-state index in [0.717, 1.165) is 56.3 Å². The van der Waals surface area contributed by atoms with Gasteiger partial charge in [0.2, 0.25) is 0 Å². The van der Waals surface area contributed by atoms with Crippen molar-refractivity contribution < 1.29 is 14.6 Å². The van der Waals surface area contributed by atoms with Crippen LogP contribution in [0.3, 0.4) is 0 Å². The Morgan fingerprint density at radius 3 is 2.20 bits per heavy atom. The normalized spacial score (nSPS) is 22.0. The molecule has 1 N–H and O–H groups in total. The molecule has 0 spiro atoms. The fourth-order valence-electron chi connectivity index (χ4n) is 3.31. The zero-order valence-corrected chi connectivity index (χ0v) is 11.8. The molecule has 3 heteroatoms. The standard InChI is InChI=1S/C17H22O3/c18-16(19)17(11-2-1-3-12-17)13-7-9-15(10-8-13)20-14-5-4-6-14/h7-10,14H,1-6,11-12H2,(H,18,19). The van der Waals surface area contributed by atoms with E-state index in [1.807, 2.05) is 24.3 Å². The third-order valence-electron chi connectivity index (χ3n) is 4.88. The first-order valence-corrected chi connectivity index (χ1v) is 7.71. The molecular weight excluding hydrogens is 252 g/mol. The number of hydrogen-bond acceptors (Lipinski definition) is 2. The Bertz CT molecular complexity index is 468. The van der Waals surface area contributed by atoms with E-state index in [0.29, 0.717) is 6.10 Å². The summed E-state index contributed by atoms with van der Waals surface area (Å²) in [5.74, 6) is 0.194. The van der Waals surface area contributed by atoms with Crippen LogP contribution in [0.1, 0.15) is 56.9 Å². The van der Waals surface area contributed by atoms with E-state index < -0.39 is 11.4 Å². The Hall–Kier alpha value is -1.51. The first kappa shape index (κ1) is 13.5. The van der Waals surface area contributed by atoms with Crippen LogP contribution in [-0.4, -0.2) is 17.2 Å². The van der Waals surface area contributed by atoms with Crippen LogP contribution in [0.25, 0.3) is 0 Å². The summed E-state index contributed by atoms with van der Waals surface area (Å²) < 4.78 is 5.84. The van der Waals surface area contributed by atoms with Gasteiger partial charge in [0, 0.05) is 0 Å². The number of carbonyl (C=O) groups is 1. The number of carboxylic acid groups (broad SMARTS) is 1. The quantitative estimate of drug-likeness (QED) is 0.905. The van der Waals surface area contributed by atoms with E-state index in [1.54, 1.807) is 0 Å². The van der Waals surface area contributed by atoms with Crippen molar-refractivity contribution in [1.82, 2.24) is 0 Å². The highest BCUT2D eigenvalue weighted by molar-refractivity contribution is 5.81. The summed E-state index contributed by atoms with van der Waals surface area (Å²) in [7, 11) is 0. The average Bonchev–Trinajstić information content (AvgIpc) is 2.44. The van der Waals surface area contributed by atoms with Crippen molar-refractivity contribution in [3.8, 4) is 5.75 Å². The van der Waals surface area contributed by atoms with Crippen molar-refractivity contribution in [2.45, 2.75) is 62.9 Å². The van der Waals surface area contributed by atoms with Crippen LogP contribution in [0.5, 0.6) is 5.75 Å². The lowest BCUT2D eigenvalue weighted by Crippen LogP contribution is -2.37. The predicted octanol–water partition coefficient (Wildman–Crippen LogP) is 3.90. The molecule has 0 atom stereocenters. The largest absolute Gasteiger partial charge is 0.490 e. The molecule has 0 aliphatic heterocycles. The third-order valence-corrected chi connectivity index (χ3v) is 4.88. The minimum Gasteiger partial charge on any atom is -0.490 e. The van der Waals surface area contributed by atoms with Gasteiger partial charge in [-0.15, -0.1) is 0 Å². The lowest BCUT2D eigenvalue weighted by atomic mass is 9.69. The first-order chi connectivity index (χ1) is 9.71. The van der Waals surface area contributed by atoms with E-state index in [2.05, 4.69) is 0 Å². The summed E-state index contributed by atoms with van der Waals surface area (Å²) in [6.45, 7) is 0. The summed E-state index contributed by atoms with van der Waals surface area (Å²) in [5, 5.41) is 9.67. The highest BCUT2D eigenvalue weighted by atomic mass is 16.5. The minimum atomic E-state index is -0.676. The molecule has 1 aromatic rings. The van der Waals surface area contributed by atoms with Crippen LogP contribution in [0.4, 0.5) is 0 Å². The van der Waals surface area contributed by atoms with E-state index in [4.69, 9.17) is 4.74 Å². The van der Waals surface area contributed by atoms with E-state index >= 15 is 0 Å². The SMILES string of the molecule is O=C(O)C1(c2ccc(OC3CCC3)cc2)CCCCC1. The molecule has 0 bridgehead atoms. The van der Waals surface area contributed by atoms with Gasteiger partial charge in [-0.3, -0.25) is 4.79 Å². The van der Waals surface area contributed by atoms with Gasteiger partial charge in [0.25, 0.3) is 0 Å². The summed E-state index contributed by atoms with van der Waals surface area (Å²) in [6, 6.07) is 7.78. The fraction of sp³-hybridized carbons (Fsp3) is 0.588. The Morgan fingerprint density at radius 1 is 1.05 bits per heavy atom. The maximum Gasteiger partial charge on any atom is 0.314 e. The predicted molar refractivity (Wildman–Crippen MR) is 77.1 cm³/mol. The minimum absolute atomic E-state index is 0.365. The maximum absolute atomic E-state index is 11.8. The van der Waals surface area contributed by atoms with Crippen LogP contribution < -0.4 is 4.74 Å². The molecule has 1 aromatic carbocycles. The molecular formula is C17H22O3. The van der Waals surface area contributed by atoms with Gasteiger partial charge in [-0.2, -0.15) is 0 Å². The van der Waals surface area contributed by atoms with Crippen molar-refractivity contribution in [2.75, 3.05) is 0 Å². The van der Waals surface area contributed by atoms with Gasteiger partial charge < -0.3 is 9.84 Å².